The van der Waals surface area contributed by atoms with E-state index < -0.39 is 5.41 Å². The van der Waals surface area contributed by atoms with Gasteiger partial charge in [0.2, 0.25) is 5.91 Å². The predicted molar refractivity (Wildman–Crippen MR) is 148 cm³/mol. The maximum absolute atomic E-state index is 14.6. The molecule has 8 heteroatoms. The largest absolute Gasteiger partial charge is 0.353 e. The summed E-state index contributed by atoms with van der Waals surface area (Å²) in [5, 5.41) is 12.3. The number of halogens is 1. The van der Waals surface area contributed by atoms with Crippen molar-refractivity contribution < 1.29 is 9.18 Å². The molecule has 2 aromatic carbocycles. The van der Waals surface area contributed by atoms with E-state index in [2.05, 4.69) is 30.5 Å². The topological polar surface area (TPSA) is 99.3 Å². The van der Waals surface area contributed by atoms with Crippen LogP contribution in [0.2, 0.25) is 0 Å². The van der Waals surface area contributed by atoms with Gasteiger partial charge in [-0.25, -0.2) is 4.39 Å². The van der Waals surface area contributed by atoms with Crippen LogP contribution in [0.25, 0.3) is 55.6 Å². The van der Waals surface area contributed by atoms with E-state index in [1.54, 1.807) is 36.8 Å². The average Bonchev–Trinajstić information content (AvgIpc) is 3.52. The van der Waals surface area contributed by atoms with Crippen LogP contribution in [0.3, 0.4) is 0 Å². The maximum Gasteiger partial charge on any atom is 0.229 e. The number of nitrogens with one attached hydrogen (secondary N) is 3. The minimum atomic E-state index is -0.512. The van der Waals surface area contributed by atoms with E-state index in [0.717, 1.165) is 44.3 Å². The average molecular weight is 505 g/mol. The van der Waals surface area contributed by atoms with Crippen molar-refractivity contribution >= 4 is 33.4 Å². The molecule has 0 saturated heterocycles. The Morgan fingerprint density at radius 3 is 2.53 bits per heavy atom. The van der Waals surface area contributed by atoms with Crippen LogP contribution >= 0.6 is 0 Å². The second kappa shape index (κ2) is 8.92. The van der Waals surface area contributed by atoms with Gasteiger partial charge in [0.25, 0.3) is 0 Å². The summed E-state index contributed by atoms with van der Waals surface area (Å²) >= 11 is 0. The fourth-order valence-electron chi connectivity index (χ4n) is 4.43. The highest BCUT2D eigenvalue weighted by Gasteiger charge is 2.21. The van der Waals surface area contributed by atoms with Crippen LogP contribution in [0.5, 0.6) is 0 Å². The van der Waals surface area contributed by atoms with Crippen LogP contribution in [-0.2, 0) is 4.79 Å². The molecule has 0 aliphatic rings. The molecule has 0 aliphatic heterocycles. The number of fused-ring (bicyclic) bond motifs is 2. The molecule has 6 aromatic rings. The number of carbonyl (C=O) groups excluding carboxylic acids is 1. The molecular weight excluding hydrogens is 479 g/mol. The van der Waals surface area contributed by atoms with Gasteiger partial charge in [-0.2, -0.15) is 5.10 Å². The zero-order valence-electron chi connectivity index (χ0n) is 21.1. The van der Waals surface area contributed by atoms with Gasteiger partial charge in [0.05, 0.1) is 28.8 Å². The van der Waals surface area contributed by atoms with Crippen molar-refractivity contribution in [3.8, 4) is 33.8 Å². The summed E-state index contributed by atoms with van der Waals surface area (Å²) in [7, 11) is 0. The number of anilines is 1. The van der Waals surface area contributed by atoms with E-state index in [4.69, 9.17) is 0 Å². The number of amides is 1. The summed E-state index contributed by atoms with van der Waals surface area (Å²) in [5.74, 6) is -0.397. The minimum absolute atomic E-state index is 0.0768. The van der Waals surface area contributed by atoms with Crippen molar-refractivity contribution in [1.29, 1.82) is 0 Å². The molecule has 0 bridgehead atoms. The molecule has 0 radical (unpaired) electrons. The van der Waals surface area contributed by atoms with E-state index in [-0.39, 0.29) is 11.7 Å². The molecule has 0 spiro atoms. The summed E-state index contributed by atoms with van der Waals surface area (Å²) < 4.78 is 14.6. The van der Waals surface area contributed by atoms with Crippen LogP contribution < -0.4 is 5.32 Å². The molecule has 1 amide bonds. The summed E-state index contributed by atoms with van der Waals surface area (Å²) in [6, 6.07) is 18.4. The molecule has 38 heavy (non-hydrogen) atoms. The third kappa shape index (κ3) is 4.20. The fraction of sp³-hybridized carbons (Fsp3) is 0.133. The smallest absolute Gasteiger partial charge is 0.229 e. The molecule has 0 saturated carbocycles. The number of benzene rings is 2. The number of nitrogens with zero attached hydrogens (tertiary/aromatic N) is 3. The number of hydrogen-bond donors (Lipinski definition) is 3. The van der Waals surface area contributed by atoms with Gasteiger partial charge in [0, 0.05) is 45.2 Å². The van der Waals surface area contributed by atoms with Crippen LogP contribution in [0.4, 0.5) is 10.1 Å². The maximum atomic E-state index is 14.6. The number of carbonyl (C=O) groups is 1. The highest BCUT2D eigenvalue weighted by molar-refractivity contribution is 6.01. The lowest BCUT2D eigenvalue weighted by Crippen LogP contribution is -2.27. The van der Waals surface area contributed by atoms with Crippen molar-refractivity contribution in [2.75, 3.05) is 5.32 Å². The Labute approximate surface area is 218 Å². The molecule has 6 rings (SSSR count). The van der Waals surface area contributed by atoms with Crippen molar-refractivity contribution in [1.82, 2.24) is 25.1 Å². The van der Waals surface area contributed by atoms with E-state index >= 15 is 0 Å². The molecule has 0 unspecified atom stereocenters. The molecule has 7 nitrogen and oxygen atoms in total. The number of aromatic nitrogens is 5. The van der Waals surface area contributed by atoms with Crippen molar-refractivity contribution in [2.45, 2.75) is 20.8 Å². The molecule has 4 heterocycles. The second-order valence-corrected chi connectivity index (χ2v) is 10.3. The standard InChI is InChI=1S/C30H25FN6O/c1-30(2,3)29(38)34-19-12-18(15-32-16-19)17-8-9-25-21(13-17)28(37-36-25)26-14-22-24(35-26)10-11-33-27(22)20-6-4-5-7-23(20)31/h4-16,35H,1-3H3,(H,34,38)(H,36,37). The van der Waals surface area contributed by atoms with Gasteiger partial charge in [-0.1, -0.05) is 39.0 Å². The molecule has 0 atom stereocenters. The first kappa shape index (κ1) is 23.5. The third-order valence-corrected chi connectivity index (χ3v) is 6.51. The summed E-state index contributed by atoms with van der Waals surface area (Å²) in [6.07, 6.45) is 5.08. The quantitative estimate of drug-likeness (QED) is 0.242. The minimum Gasteiger partial charge on any atom is -0.353 e. The van der Waals surface area contributed by atoms with Gasteiger partial charge in [-0.3, -0.25) is 19.9 Å². The first-order valence-electron chi connectivity index (χ1n) is 12.3. The zero-order chi connectivity index (χ0) is 26.4. The van der Waals surface area contributed by atoms with E-state index in [1.165, 1.54) is 6.07 Å². The molecule has 3 N–H and O–H groups in total. The first-order valence-corrected chi connectivity index (χ1v) is 12.3. The van der Waals surface area contributed by atoms with Gasteiger partial charge >= 0.3 is 0 Å². The number of aromatic amines is 2. The summed E-state index contributed by atoms with van der Waals surface area (Å²) in [5.41, 5.74) is 6.19. The first-order chi connectivity index (χ1) is 18.3. The molecular formula is C30H25FN6O. The van der Waals surface area contributed by atoms with Crippen LogP contribution in [0.1, 0.15) is 20.8 Å². The van der Waals surface area contributed by atoms with Gasteiger partial charge in [0.15, 0.2) is 0 Å². The van der Waals surface area contributed by atoms with E-state index in [1.807, 2.05) is 57.2 Å². The van der Waals surface area contributed by atoms with E-state index in [9.17, 15) is 9.18 Å². The lowest BCUT2D eigenvalue weighted by Gasteiger charge is -2.17. The Hall–Kier alpha value is -4.85. The summed E-state index contributed by atoms with van der Waals surface area (Å²) in [4.78, 5) is 24.7. The highest BCUT2D eigenvalue weighted by Crippen LogP contribution is 2.35. The molecule has 4 aromatic heterocycles. The SMILES string of the molecule is CC(C)(C)C(=O)Nc1cncc(-c2ccc3[nH]nc(-c4cc5c(-c6ccccc6F)nccc5[nH]4)c3c2)c1. The fourth-order valence-corrected chi connectivity index (χ4v) is 4.43. The monoisotopic (exact) mass is 504 g/mol. The number of pyridine rings is 2. The normalized spacial score (nSPS) is 11.8. The van der Waals surface area contributed by atoms with Gasteiger partial charge in [-0.05, 0) is 48.0 Å². The van der Waals surface area contributed by atoms with Gasteiger partial charge in [0.1, 0.15) is 11.5 Å². The number of H-pyrrole nitrogens is 2. The van der Waals surface area contributed by atoms with Crippen LogP contribution in [0.15, 0.2) is 79.3 Å². The Kier molecular flexibility index (Phi) is 5.52. The van der Waals surface area contributed by atoms with Crippen molar-refractivity contribution in [3.63, 3.8) is 0 Å². The zero-order valence-corrected chi connectivity index (χ0v) is 21.1. The number of hydrogen-bond acceptors (Lipinski definition) is 4. The van der Waals surface area contributed by atoms with Crippen LogP contribution in [-0.4, -0.2) is 31.1 Å². The Bertz CT molecular complexity index is 1830. The lowest BCUT2D eigenvalue weighted by molar-refractivity contribution is -0.123. The van der Waals surface area contributed by atoms with Crippen molar-refractivity contribution in [3.05, 3.63) is 85.1 Å². The van der Waals surface area contributed by atoms with Crippen LogP contribution in [0, 0.1) is 11.2 Å². The van der Waals surface area contributed by atoms with Gasteiger partial charge < -0.3 is 10.3 Å². The molecule has 0 fully saturated rings. The second-order valence-electron chi connectivity index (χ2n) is 10.3. The highest BCUT2D eigenvalue weighted by atomic mass is 19.1. The molecule has 188 valence electrons. The van der Waals surface area contributed by atoms with E-state index in [0.29, 0.717) is 16.9 Å². The van der Waals surface area contributed by atoms with Gasteiger partial charge in [-0.15, -0.1) is 0 Å². The Morgan fingerprint density at radius 2 is 1.71 bits per heavy atom. The lowest BCUT2D eigenvalue weighted by atomic mass is 9.95. The number of rotatable bonds is 4. The van der Waals surface area contributed by atoms with Crippen molar-refractivity contribution in [2.24, 2.45) is 5.41 Å². The Morgan fingerprint density at radius 1 is 0.895 bits per heavy atom. The predicted octanol–water partition coefficient (Wildman–Crippen LogP) is 6.96. The molecule has 0 aliphatic carbocycles. The third-order valence-electron chi connectivity index (χ3n) is 6.51. The Balaban J connectivity index is 1.41. The summed E-state index contributed by atoms with van der Waals surface area (Å²) in [6.45, 7) is 5.61.